The molecule has 13 heavy (non-hydrogen) atoms. The molecule has 1 saturated heterocycles. The summed E-state index contributed by atoms with van der Waals surface area (Å²) >= 11 is 5.35. The second kappa shape index (κ2) is 4.13. The second-order valence-corrected chi connectivity index (χ2v) is 5.85. The van der Waals surface area contributed by atoms with E-state index in [4.69, 9.17) is 16.3 Å². The molecular weight excluding hydrogens is 214 g/mol. The zero-order valence-electron chi connectivity index (χ0n) is 7.73. The molecule has 1 aliphatic heterocycles. The second-order valence-electron chi connectivity index (χ2n) is 3.30. The van der Waals surface area contributed by atoms with Crippen molar-refractivity contribution in [2.75, 3.05) is 18.3 Å². The highest BCUT2D eigenvalue weighted by atomic mass is 35.5. The molecule has 0 aromatic carbocycles. The molecule has 0 bridgehead atoms. The van der Waals surface area contributed by atoms with Gasteiger partial charge in [-0.2, -0.15) is 4.31 Å². The van der Waals surface area contributed by atoms with E-state index in [1.54, 1.807) is 0 Å². The van der Waals surface area contributed by atoms with Gasteiger partial charge in [0.15, 0.2) is 0 Å². The maximum absolute atomic E-state index is 11.4. The molecule has 0 aromatic rings. The van der Waals surface area contributed by atoms with Gasteiger partial charge >= 0.3 is 0 Å². The molecule has 0 aromatic heterocycles. The van der Waals surface area contributed by atoms with Crippen molar-refractivity contribution in [1.82, 2.24) is 4.31 Å². The van der Waals surface area contributed by atoms with E-state index in [1.165, 1.54) is 4.31 Å². The van der Waals surface area contributed by atoms with Crippen molar-refractivity contribution in [2.45, 2.75) is 26.1 Å². The van der Waals surface area contributed by atoms with Crippen molar-refractivity contribution >= 4 is 21.6 Å². The van der Waals surface area contributed by atoms with Gasteiger partial charge in [0.05, 0.1) is 12.2 Å². The van der Waals surface area contributed by atoms with Gasteiger partial charge in [0.25, 0.3) is 0 Å². The van der Waals surface area contributed by atoms with Crippen LogP contribution in [0.5, 0.6) is 0 Å². The summed E-state index contributed by atoms with van der Waals surface area (Å²) in [6, 6.07) is 0. The Morgan fingerprint density at radius 1 is 1.38 bits per heavy atom. The van der Waals surface area contributed by atoms with E-state index < -0.39 is 10.0 Å². The van der Waals surface area contributed by atoms with E-state index in [0.29, 0.717) is 13.1 Å². The van der Waals surface area contributed by atoms with E-state index in [9.17, 15) is 8.42 Å². The maximum atomic E-state index is 11.4. The first-order valence-corrected chi connectivity index (χ1v) is 6.29. The zero-order valence-corrected chi connectivity index (χ0v) is 9.31. The van der Waals surface area contributed by atoms with Gasteiger partial charge in [-0.15, -0.1) is 11.6 Å². The average Bonchev–Trinajstić information content (AvgIpc) is 2.02. The molecule has 2 atom stereocenters. The van der Waals surface area contributed by atoms with E-state index >= 15 is 0 Å². The van der Waals surface area contributed by atoms with Gasteiger partial charge in [0, 0.05) is 13.1 Å². The Labute approximate surface area is 83.9 Å². The SMILES string of the molecule is CC1CN(S(=O)(=O)CCl)CC(C)O1. The topological polar surface area (TPSA) is 46.6 Å². The largest absolute Gasteiger partial charge is 0.373 e. The van der Waals surface area contributed by atoms with Crippen LogP contribution in [0.1, 0.15) is 13.8 Å². The average molecular weight is 228 g/mol. The van der Waals surface area contributed by atoms with E-state index in [0.717, 1.165) is 0 Å². The van der Waals surface area contributed by atoms with Crippen LogP contribution in [0.2, 0.25) is 0 Å². The Hall–Kier alpha value is 0.160. The Balaban J connectivity index is 2.71. The lowest BCUT2D eigenvalue weighted by Gasteiger charge is -2.33. The molecule has 0 amide bonds. The molecule has 0 spiro atoms. The van der Waals surface area contributed by atoms with Crippen molar-refractivity contribution < 1.29 is 13.2 Å². The molecule has 1 aliphatic rings. The highest BCUT2D eigenvalue weighted by molar-refractivity contribution is 7.90. The minimum atomic E-state index is -3.27. The summed E-state index contributed by atoms with van der Waals surface area (Å²) in [6.45, 7) is 4.51. The molecule has 78 valence electrons. The first-order valence-electron chi connectivity index (χ1n) is 4.15. The van der Waals surface area contributed by atoms with Crippen LogP contribution in [0.15, 0.2) is 0 Å². The molecule has 0 saturated carbocycles. The minimum absolute atomic E-state index is 0.0539. The van der Waals surface area contributed by atoms with Crippen LogP contribution in [0, 0.1) is 0 Å². The van der Waals surface area contributed by atoms with Crippen LogP contribution in [0.4, 0.5) is 0 Å². The molecule has 4 nitrogen and oxygen atoms in total. The van der Waals surface area contributed by atoms with Crippen molar-refractivity contribution in [3.63, 3.8) is 0 Å². The first kappa shape index (κ1) is 11.2. The van der Waals surface area contributed by atoms with Crippen LogP contribution in [0.3, 0.4) is 0 Å². The summed E-state index contributed by atoms with van der Waals surface area (Å²) in [5, 5.41) is -0.355. The van der Waals surface area contributed by atoms with E-state index in [-0.39, 0.29) is 17.4 Å². The number of nitrogens with zero attached hydrogens (tertiary/aromatic N) is 1. The summed E-state index contributed by atoms with van der Waals surface area (Å²) in [5.41, 5.74) is 0. The normalized spacial score (nSPS) is 31.9. The molecule has 6 heteroatoms. The van der Waals surface area contributed by atoms with E-state index in [2.05, 4.69) is 0 Å². The lowest BCUT2D eigenvalue weighted by molar-refractivity contribution is -0.0439. The molecular formula is C7H14ClNO3S. The fraction of sp³-hybridized carbons (Fsp3) is 1.00. The lowest BCUT2D eigenvalue weighted by Crippen LogP contribution is -2.48. The van der Waals surface area contributed by atoms with Gasteiger partial charge < -0.3 is 4.74 Å². The molecule has 0 N–H and O–H groups in total. The number of hydrogen-bond donors (Lipinski definition) is 0. The third kappa shape index (κ3) is 2.80. The predicted octanol–water partition coefficient (Wildman–Crippen LogP) is 0.622. The molecule has 1 heterocycles. The van der Waals surface area contributed by atoms with Gasteiger partial charge in [-0.05, 0) is 13.8 Å². The third-order valence-electron chi connectivity index (χ3n) is 1.92. The highest BCUT2D eigenvalue weighted by Crippen LogP contribution is 2.15. The predicted molar refractivity (Wildman–Crippen MR) is 51.2 cm³/mol. The van der Waals surface area contributed by atoms with Crippen LogP contribution in [0.25, 0.3) is 0 Å². The van der Waals surface area contributed by atoms with Crippen molar-refractivity contribution in [3.05, 3.63) is 0 Å². The fourth-order valence-electron chi connectivity index (χ4n) is 1.43. The number of sulfonamides is 1. The molecule has 0 aliphatic carbocycles. The molecule has 1 fully saturated rings. The lowest BCUT2D eigenvalue weighted by atomic mass is 10.3. The van der Waals surface area contributed by atoms with Crippen LogP contribution in [-0.2, 0) is 14.8 Å². The number of hydrogen-bond acceptors (Lipinski definition) is 3. The zero-order chi connectivity index (χ0) is 10.1. The van der Waals surface area contributed by atoms with Gasteiger partial charge in [-0.3, -0.25) is 0 Å². The van der Waals surface area contributed by atoms with E-state index in [1.807, 2.05) is 13.8 Å². The summed E-state index contributed by atoms with van der Waals surface area (Å²) in [5.74, 6) is 0. The first-order chi connectivity index (χ1) is 5.95. The minimum Gasteiger partial charge on any atom is -0.373 e. The smallest absolute Gasteiger partial charge is 0.228 e. The van der Waals surface area contributed by atoms with Gasteiger partial charge in [-0.1, -0.05) is 0 Å². The Kier molecular flexibility index (Phi) is 3.57. The fourth-order valence-corrected chi connectivity index (χ4v) is 2.85. The van der Waals surface area contributed by atoms with Crippen LogP contribution in [-0.4, -0.2) is 43.2 Å². The highest BCUT2D eigenvalue weighted by Gasteiger charge is 2.29. The Bertz CT molecular complexity index is 257. The Morgan fingerprint density at radius 3 is 2.23 bits per heavy atom. The molecule has 1 rings (SSSR count). The van der Waals surface area contributed by atoms with Crippen molar-refractivity contribution in [1.29, 1.82) is 0 Å². The van der Waals surface area contributed by atoms with Gasteiger partial charge in [-0.25, -0.2) is 8.42 Å². The summed E-state index contributed by atoms with van der Waals surface area (Å²) in [4.78, 5) is 0. The van der Waals surface area contributed by atoms with Crippen molar-refractivity contribution in [3.8, 4) is 0 Å². The summed E-state index contributed by atoms with van der Waals surface area (Å²) < 4.78 is 29.6. The van der Waals surface area contributed by atoms with Crippen molar-refractivity contribution in [2.24, 2.45) is 0 Å². The van der Waals surface area contributed by atoms with Crippen LogP contribution < -0.4 is 0 Å². The summed E-state index contributed by atoms with van der Waals surface area (Å²) in [6.07, 6.45) is -0.108. The number of halogens is 1. The number of morpholine rings is 1. The van der Waals surface area contributed by atoms with Gasteiger partial charge in [0.1, 0.15) is 5.21 Å². The quantitative estimate of drug-likeness (QED) is 0.650. The molecule has 2 unspecified atom stereocenters. The number of ether oxygens (including phenoxy) is 1. The number of alkyl halides is 1. The maximum Gasteiger partial charge on any atom is 0.228 e. The standard InChI is InChI=1S/C7H14ClNO3S/c1-6-3-9(4-7(2)12-6)13(10,11)5-8/h6-7H,3-5H2,1-2H3. The monoisotopic (exact) mass is 227 g/mol. The Morgan fingerprint density at radius 2 is 1.85 bits per heavy atom. The van der Waals surface area contributed by atoms with Crippen LogP contribution >= 0.6 is 11.6 Å². The molecule has 0 radical (unpaired) electrons. The summed E-state index contributed by atoms with van der Waals surface area (Å²) in [7, 11) is -3.27. The van der Waals surface area contributed by atoms with Gasteiger partial charge in [0.2, 0.25) is 10.0 Å². The third-order valence-corrected chi connectivity index (χ3v) is 4.11. The number of rotatable bonds is 2.